The molecule has 0 aliphatic carbocycles. The maximum Gasteiger partial charge on any atom is 0.295 e. The van der Waals surface area contributed by atoms with Crippen molar-refractivity contribution in [1.29, 1.82) is 0 Å². The lowest BCUT2D eigenvalue weighted by Gasteiger charge is -2.29. The van der Waals surface area contributed by atoms with E-state index in [0.29, 0.717) is 31.1 Å². The van der Waals surface area contributed by atoms with Gasteiger partial charge in [0.05, 0.1) is 44.0 Å². The molecule has 0 unspecified atom stereocenters. The van der Waals surface area contributed by atoms with Gasteiger partial charge in [0.25, 0.3) is 11.7 Å². The second-order valence-electron chi connectivity index (χ2n) is 9.21. The molecule has 1 atom stereocenters. The molecule has 0 saturated carbocycles. The Labute approximate surface area is 200 Å². The van der Waals surface area contributed by atoms with E-state index < -0.39 is 17.7 Å². The quantitative estimate of drug-likeness (QED) is 0.372. The third-order valence-corrected chi connectivity index (χ3v) is 6.34. The van der Waals surface area contributed by atoms with Gasteiger partial charge in [0.15, 0.2) is 0 Å². The number of likely N-dealkylation sites (tertiary alicyclic amines) is 1. The summed E-state index contributed by atoms with van der Waals surface area (Å²) < 4.78 is 11.1. The van der Waals surface area contributed by atoms with Gasteiger partial charge in [0.2, 0.25) is 0 Å². The Bertz CT molecular complexity index is 1050. The van der Waals surface area contributed by atoms with Gasteiger partial charge in [-0.3, -0.25) is 9.59 Å². The lowest BCUT2D eigenvalue weighted by atomic mass is 9.94. The van der Waals surface area contributed by atoms with Gasteiger partial charge in [0.1, 0.15) is 24.6 Å². The number of carbonyl (C=O) groups is 2. The van der Waals surface area contributed by atoms with Gasteiger partial charge < -0.3 is 24.4 Å². The second-order valence-corrected chi connectivity index (χ2v) is 9.21. The molecule has 0 radical (unpaired) electrons. The van der Waals surface area contributed by atoms with Crippen molar-refractivity contribution in [3.05, 3.63) is 70.8 Å². The summed E-state index contributed by atoms with van der Waals surface area (Å²) in [6.07, 6.45) is 0.0277. The van der Waals surface area contributed by atoms with Crippen LogP contribution in [0.3, 0.4) is 0 Å². The minimum Gasteiger partial charge on any atom is -0.507 e. The number of ether oxygens (including phenoxy) is 2. The molecule has 0 aromatic heterocycles. The normalized spacial score (nSPS) is 20.8. The summed E-state index contributed by atoms with van der Waals surface area (Å²) in [6, 6.07) is 14.1. The minimum absolute atomic E-state index is 0.0277. The van der Waals surface area contributed by atoms with Crippen LogP contribution in [0.2, 0.25) is 0 Å². The molecule has 2 aliphatic heterocycles. The summed E-state index contributed by atoms with van der Waals surface area (Å²) in [5, 5.41) is 11.2. The Morgan fingerprint density at radius 3 is 2.35 bits per heavy atom. The molecule has 2 aromatic rings. The van der Waals surface area contributed by atoms with Crippen molar-refractivity contribution in [2.45, 2.75) is 32.9 Å². The number of morpholine rings is 1. The lowest BCUT2D eigenvalue weighted by Crippen LogP contribution is -3.14. The molecule has 4 rings (SSSR count). The zero-order chi connectivity index (χ0) is 24.2. The van der Waals surface area contributed by atoms with Crippen molar-refractivity contribution in [2.75, 3.05) is 39.4 Å². The van der Waals surface area contributed by atoms with Crippen molar-refractivity contribution < 1.29 is 29.1 Å². The molecule has 1 amide bonds. The van der Waals surface area contributed by atoms with Crippen LogP contribution in [0.5, 0.6) is 5.75 Å². The van der Waals surface area contributed by atoms with Crippen molar-refractivity contribution in [3.63, 3.8) is 0 Å². The highest BCUT2D eigenvalue weighted by Crippen LogP contribution is 2.39. The van der Waals surface area contributed by atoms with E-state index in [1.165, 1.54) is 4.90 Å². The SMILES string of the molecule is Cc1ccc([C@H]2/C(=C(/O)c3ccc(OC(C)C)cc3)C(=O)C(=O)N2CC[NH+]2CCOCC2)cc1. The molecule has 2 fully saturated rings. The number of nitrogens with zero attached hydrogens (tertiary/aromatic N) is 1. The topological polar surface area (TPSA) is 80.5 Å². The van der Waals surface area contributed by atoms with Gasteiger partial charge in [-0.2, -0.15) is 0 Å². The number of carbonyl (C=O) groups excluding carboxylic acids is 2. The summed E-state index contributed by atoms with van der Waals surface area (Å²) in [5.41, 5.74) is 2.50. The fourth-order valence-electron chi connectivity index (χ4n) is 4.51. The maximum atomic E-state index is 13.2. The molecule has 7 nitrogen and oxygen atoms in total. The molecule has 0 bridgehead atoms. The maximum absolute atomic E-state index is 13.2. The van der Waals surface area contributed by atoms with Crippen LogP contribution in [0.15, 0.2) is 54.1 Å². The number of amides is 1. The third kappa shape index (κ3) is 5.16. The van der Waals surface area contributed by atoms with E-state index in [1.807, 2.05) is 45.0 Å². The predicted molar refractivity (Wildman–Crippen MR) is 129 cm³/mol. The number of rotatable bonds is 7. The first-order chi connectivity index (χ1) is 16.3. The number of Topliss-reactive ketones (excluding diaryl/α,β-unsaturated/α-hetero) is 1. The predicted octanol–water partition coefficient (Wildman–Crippen LogP) is 2.12. The van der Waals surface area contributed by atoms with E-state index in [1.54, 1.807) is 29.2 Å². The van der Waals surface area contributed by atoms with E-state index in [0.717, 1.165) is 30.8 Å². The Hall–Kier alpha value is -3.16. The van der Waals surface area contributed by atoms with Crippen LogP contribution in [0.25, 0.3) is 5.76 Å². The van der Waals surface area contributed by atoms with E-state index in [4.69, 9.17) is 9.47 Å². The average Bonchev–Trinajstić information content (AvgIpc) is 3.08. The molecule has 34 heavy (non-hydrogen) atoms. The van der Waals surface area contributed by atoms with Crippen LogP contribution in [-0.2, 0) is 14.3 Å². The van der Waals surface area contributed by atoms with Gasteiger partial charge in [0, 0.05) is 5.56 Å². The summed E-state index contributed by atoms with van der Waals surface area (Å²) in [5.74, 6) is -0.709. The summed E-state index contributed by atoms with van der Waals surface area (Å²) in [7, 11) is 0. The molecule has 7 heteroatoms. The van der Waals surface area contributed by atoms with Crippen molar-refractivity contribution in [2.24, 2.45) is 0 Å². The Balaban J connectivity index is 1.69. The molecule has 180 valence electrons. The zero-order valence-corrected chi connectivity index (χ0v) is 20.0. The van der Waals surface area contributed by atoms with Gasteiger partial charge in [-0.1, -0.05) is 29.8 Å². The van der Waals surface area contributed by atoms with E-state index in [9.17, 15) is 14.7 Å². The fraction of sp³-hybridized carbons (Fsp3) is 0.407. The van der Waals surface area contributed by atoms with Crippen LogP contribution >= 0.6 is 0 Å². The first-order valence-electron chi connectivity index (χ1n) is 11.9. The number of nitrogens with one attached hydrogen (secondary N) is 1. The first-order valence-corrected chi connectivity index (χ1v) is 11.9. The molecular formula is C27H33N2O5+. The van der Waals surface area contributed by atoms with E-state index >= 15 is 0 Å². The smallest absolute Gasteiger partial charge is 0.295 e. The molecule has 2 aromatic carbocycles. The molecule has 2 aliphatic rings. The van der Waals surface area contributed by atoms with E-state index in [2.05, 4.69) is 0 Å². The molecule has 2 heterocycles. The van der Waals surface area contributed by atoms with Crippen molar-refractivity contribution in [1.82, 2.24) is 4.90 Å². The highest BCUT2D eigenvalue weighted by Gasteiger charge is 2.46. The fourth-order valence-corrected chi connectivity index (χ4v) is 4.51. The summed E-state index contributed by atoms with van der Waals surface area (Å²) in [4.78, 5) is 29.3. The highest BCUT2D eigenvalue weighted by molar-refractivity contribution is 6.46. The lowest BCUT2D eigenvalue weighted by molar-refractivity contribution is -0.907. The standard InChI is InChI=1S/C27H32N2O5/c1-18(2)34-22-10-8-21(9-11-22)25(30)23-24(20-6-4-19(3)5-7-20)29(27(32)26(23)31)13-12-28-14-16-33-17-15-28/h4-11,18,24,30H,12-17H2,1-3H3/p+1/b25-23-/t24-/m0/s1. The van der Waals surface area contributed by atoms with Gasteiger partial charge in [-0.25, -0.2) is 0 Å². The van der Waals surface area contributed by atoms with Crippen LogP contribution in [0.4, 0.5) is 0 Å². The van der Waals surface area contributed by atoms with Gasteiger partial charge >= 0.3 is 0 Å². The van der Waals surface area contributed by atoms with E-state index in [-0.39, 0.29) is 17.4 Å². The Morgan fingerprint density at radius 1 is 1.09 bits per heavy atom. The third-order valence-electron chi connectivity index (χ3n) is 6.34. The number of aliphatic hydroxyl groups is 1. The number of benzene rings is 2. The Kier molecular flexibility index (Phi) is 7.34. The average molecular weight is 466 g/mol. The van der Waals surface area contributed by atoms with Crippen LogP contribution < -0.4 is 9.64 Å². The summed E-state index contributed by atoms with van der Waals surface area (Å²) >= 11 is 0. The van der Waals surface area contributed by atoms with Crippen LogP contribution in [-0.4, -0.2) is 67.2 Å². The molecule has 0 spiro atoms. The van der Waals surface area contributed by atoms with Gasteiger partial charge in [-0.05, 0) is 50.6 Å². The number of hydrogen-bond donors (Lipinski definition) is 2. The molecular weight excluding hydrogens is 432 g/mol. The first kappa shape index (κ1) is 24.0. The number of quaternary nitrogens is 1. The Morgan fingerprint density at radius 2 is 1.74 bits per heavy atom. The second kappa shape index (κ2) is 10.4. The van der Waals surface area contributed by atoms with Crippen molar-refractivity contribution in [3.8, 4) is 5.75 Å². The zero-order valence-electron chi connectivity index (χ0n) is 20.0. The minimum atomic E-state index is -0.650. The number of aliphatic hydroxyl groups excluding tert-OH is 1. The highest BCUT2D eigenvalue weighted by atomic mass is 16.5. The van der Waals surface area contributed by atoms with Gasteiger partial charge in [-0.15, -0.1) is 0 Å². The van der Waals surface area contributed by atoms with Crippen LogP contribution in [0, 0.1) is 6.92 Å². The number of hydrogen-bond acceptors (Lipinski definition) is 5. The molecule has 2 saturated heterocycles. The van der Waals surface area contributed by atoms with Crippen molar-refractivity contribution >= 4 is 17.4 Å². The van der Waals surface area contributed by atoms with Crippen LogP contribution in [0.1, 0.15) is 36.6 Å². The summed E-state index contributed by atoms with van der Waals surface area (Å²) in [6.45, 7) is 10.2. The number of ketones is 1. The molecule has 2 N–H and O–H groups in total. The monoisotopic (exact) mass is 465 g/mol. The largest absolute Gasteiger partial charge is 0.507 e. The number of aryl methyl sites for hydroxylation is 1.